The summed E-state index contributed by atoms with van der Waals surface area (Å²) < 4.78 is 10.7. The molecule has 0 aromatic rings. The van der Waals surface area contributed by atoms with Gasteiger partial charge in [-0.25, -0.2) is 9.59 Å². The Morgan fingerprint density at radius 3 is 1.11 bits per heavy atom. The molecule has 0 bridgehead atoms. The highest BCUT2D eigenvalue weighted by atomic mass is 16.6. The summed E-state index contributed by atoms with van der Waals surface area (Å²) in [4.78, 5) is 23.9. The number of carbonyl (C=O) groups excluding carboxylic acids is 2. The molecule has 0 heterocycles. The van der Waals surface area contributed by atoms with Gasteiger partial charge in [0.1, 0.15) is 0 Å². The second kappa shape index (κ2) is 39.0. The van der Waals surface area contributed by atoms with Gasteiger partial charge in [-0.1, -0.05) is 188 Å². The minimum Gasteiger partial charge on any atom is -0.450 e. The summed E-state index contributed by atoms with van der Waals surface area (Å²) in [7, 11) is 0. The lowest BCUT2D eigenvalue weighted by Crippen LogP contribution is -2.27. The lowest BCUT2D eigenvalue weighted by molar-refractivity contribution is 0.124. The first-order valence-corrected chi connectivity index (χ1v) is 20.9. The third-order valence-electron chi connectivity index (χ3n) is 9.42. The molecule has 280 valence electrons. The van der Waals surface area contributed by atoms with Gasteiger partial charge in [-0.15, -0.1) is 0 Å². The summed E-state index contributed by atoms with van der Waals surface area (Å²) in [5.41, 5.74) is 0. The van der Waals surface area contributed by atoms with E-state index in [9.17, 15) is 9.59 Å². The van der Waals surface area contributed by atoms with Crippen molar-refractivity contribution in [3.05, 3.63) is 0 Å². The van der Waals surface area contributed by atoms with E-state index >= 15 is 0 Å². The zero-order chi connectivity index (χ0) is 34.3. The van der Waals surface area contributed by atoms with Gasteiger partial charge in [-0.3, -0.25) is 0 Å². The molecule has 0 spiro atoms. The molecule has 1 atom stereocenters. The summed E-state index contributed by atoms with van der Waals surface area (Å²) in [6, 6.07) is 0. The van der Waals surface area contributed by atoms with Gasteiger partial charge in [0.25, 0.3) is 0 Å². The molecule has 6 nitrogen and oxygen atoms in total. The molecule has 0 aliphatic heterocycles. The average molecular weight is 667 g/mol. The SMILES string of the molecule is CCCCCCCCCCCCCCCCNC(=O)OCCCCC(C)COC(=O)NCCCCCCCCCCCCCCCC. The zero-order valence-corrected chi connectivity index (χ0v) is 32.0. The van der Waals surface area contributed by atoms with E-state index in [-0.39, 0.29) is 12.2 Å². The normalized spacial score (nSPS) is 11.8. The van der Waals surface area contributed by atoms with Crippen LogP contribution in [0.2, 0.25) is 0 Å². The van der Waals surface area contributed by atoms with Crippen molar-refractivity contribution in [3.63, 3.8) is 0 Å². The van der Waals surface area contributed by atoms with Crippen molar-refractivity contribution >= 4 is 12.2 Å². The largest absolute Gasteiger partial charge is 0.450 e. The molecule has 0 fully saturated rings. The fourth-order valence-corrected chi connectivity index (χ4v) is 6.18. The molecule has 0 aliphatic carbocycles. The predicted octanol–water partition coefficient (Wildman–Crippen LogP) is 13.2. The topological polar surface area (TPSA) is 76.7 Å². The maximum atomic E-state index is 12.0. The average Bonchev–Trinajstić information content (AvgIpc) is 3.07. The van der Waals surface area contributed by atoms with Crippen LogP contribution in [-0.4, -0.2) is 38.5 Å². The highest BCUT2D eigenvalue weighted by Crippen LogP contribution is 2.14. The van der Waals surface area contributed by atoms with E-state index in [1.807, 2.05) is 0 Å². The lowest BCUT2D eigenvalue weighted by Gasteiger charge is -2.13. The highest BCUT2D eigenvalue weighted by molar-refractivity contribution is 5.67. The van der Waals surface area contributed by atoms with E-state index in [0.717, 1.165) is 32.1 Å². The molecule has 0 aliphatic rings. The second-order valence-corrected chi connectivity index (χ2v) is 14.4. The molecule has 0 saturated carbocycles. The lowest BCUT2D eigenvalue weighted by atomic mass is 10.0. The molecular weight excluding hydrogens is 584 g/mol. The summed E-state index contributed by atoms with van der Waals surface area (Å²) in [6.07, 6.45) is 39.6. The number of amides is 2. The smallest absolute Gasteiger partial charge is 0.407 e. The Balaban J connectivity index is 3.35. The minimum absolute atomic E-state index is 0.299. The van der Waals surface area contributed by atoms with E-state index in [4.69, 9.17) is 9.47 Å². The van der Waals surface area contributed by atoms with E-state index in [1.54, 1.807) is 0 Å². The number of hydrogen-bond donors (Lipinski definition) is 2. The predicted molar refractivity (Wildman–Crippen MR) is 202 cm³/mol. The maximum Gasteiger partial charge on any atom is 0.407 e. The van der Waals surface area contributed by atoms with Crippen molar-refractivity contribution in [3.8, 4) is 0 Å². The number of carbonyl (C=O) groups is 2. The maximum absolute atomic E-state index is 12.0. The van der Waals surface area contributed by atoms with E-state index in [2.05, 4.69) is 31.4 Å². The fourth-order valence-electron chi connectivity index (χ4n) is 6.18. The van der Waals surface area contributed by atoms with Crippen molar-refractivity contribution in [1.82, 2.24) is 10.6 Å². The van der Waals surface area contributed by atoms with Gasteiger partial charge in [0, 0.05) is 13.1 Å². The Labute approximate surface area is 293 Å². The van der Waals surface area contributed by atoms with Gasteiger partial charge in [0.2, 0.25) is 0 Å². The molecule has 0 radical (unpaired) electrons. The molecule has 0 aromatic heterocycles. The van der Waals surface area contributed by atoms with Gasteiger partial charge in [0.05, 0.1) is 13.2 Å². The molecule has 0 rings (SSSR count). The number of unbranched alkanes of at least 4 members (excludes halogenated alkanes) is 27. The van der Waals surface area contributed by atoms with E-state index in [0.29, 0.717) is 32.2 Å². The summed E-state index contributed by atoms with van der Waals surface area (Å²) >= 11 is 0. The highest BCUT2D eigenvalue weighted by Gasteiger charge is 2.08. The van der Waals surface area contributed by atoms with Crippen LogP contribution >= 0.6 is 0 Å². The van der Waals surface area contributed by atoms with Gasteiger partial charge >= 0.3 is 12.2 Å². The van der Waals surface area contributed by atoms with Crippen LogP contribution < -0.4 is 10.6 Å². The minimum atomic E-state index is -0.301. The molecule has 0 saturated heterocycles. The van der Waals surface area contributed by atoms with Crippen LogP contribution in [0, 0.1) is 5.92 Å². The van der Waals surface area contributed by atoms with Gasteiger partial charge in [0.15, 0.2) is 0 Å². The molecule has 0 aromatic carbocycles. The number of hydrogen-bond acceptors (Lipinski definition) is 4. The zero-order valence-electron chi connectivity index (χ0n) is 32.0. The third-order valence-corrected chi connectivity index (χ3v) is 9.42. The first-order valence-electron chi connectivity index (χ1n) is 20.9. The number of alkyl carbamates (subject to hydrolysis) is 2. The molecule has 47 heavy (non-hydrogen) atoms. The molecule has 2 N–H and O–H groups in total. The Bertz CT molecular complexity index is 645. The fraction of sp³-hybridized carbons (Fsp3) is 0.951. The molecule has 6 heteroatoms. The van der Waals surface area contributed by atoms with Crippen LogP contribution in [0.1, 0.15) is 220 Å². The first kappa shape index (κ1) is 45.5. The summed E-state index contributed by atoms with van der Waals surface area (Å²) in [5, 5.41) is 5.77. The van der Waals surface area contributed by atoms with Crippen LogP contribution in [-0.2, 0) is 9.47 Å². The monoisotopic (exact) mass is 667 g/mol. The summed E-state index contributed by atoms with van der Waals surface area (Å²) in [6.45, 7) is 8.93. The second-order valence-electron chi connectivity index (χ2n) is 14.4. The van der Waals surface area contributed by atoms with Crippen molar-refractivity contribution in [2.24, 2.45) is 5.92 Å². The Hall–Kier alpha value is -1.46. The quantitative estimate of drug-likeness (QED) is 0.0647. The number of nitrogens with one attached hydrogen (secondary N) is 2. The molecule has 1 unspecified atom stereocenters. The number of rotatable bonds is 37. The summed E-state index contributed by atoms with van der Waals surface area (Å²) in [5.74, 6) is 0.302. The van der Waals surface area contributed by atoms with Crippen LogP contribution in [0.15, 0.2) is 0 Å². The third kappa shape index (κ3) is 38.9. The standard InChI is InChI=1S/C41H82N2O4/c1-4-6-8-10-12-14-16-18-20-22-24-26-28-31-35-42-40(44)46-37-33-30-34-39(3)38-47-41(45)43-36-32-29-27-25-23-21-19-17-15-13-11-9-7-5-2/h39H,4-38H2,1-3H3,(H,42,44)(H,43,45). The van der Waals surface area contributed by atoms with Crippen molar-refractivity contribution < 1.29 is 19.1 Å². The Kier molecular flexibility index (Phi) is 37.8. The van der Waals surface area contributed by atoms with E-state index in [1.165, 1.54) is 167 Å². The van der Waals surface area contributed by atoms with Crippen LogP contribution in [0.25, 0.3) is 0 Å². The van der Waals surface area contributed by atoms with Crippen LogP contribution in [0.4, 0.5) is 9.59 Å². The van der Waals surface area contributed by atoms with Gasteiger partial charge in [-0.2, -0.15) is 0 Å². The van der Waals surface area contributed by atoms with Crippen molar-refractivity contribution in [1.29, 1.82) is 0 Å². The van der Waals surface area contributed by atoms with Gasteiger partial charge in [-0.05, 0) is 38.0 Å². The molecule has 2 amide bonds. The van der Waals surface area contributed by atoms with Crippen LogP contribution in [0.5, 0.6) is 0 Å². The van der Waals surface area contributed by atoms with Gasteiger partial charge < -0.3 is 20.1 Å². The number of ether oxygens (including phenoxy) is 2. The van der Waals surface area contributed by atoms with E-state index < -0.39 is 0 Å². The Morgan fingerprint density at radius 2 is 0.745 bits per heavy atom. The molecular formula is C41H82N2O4. The Morgan fingerprint density at radius 1 is 0.426 bits per heavy atom. The van der Waals surface area contributed by atoms with Crippen LogP contribution in [0.3, 0.4) is 0 Å². The first-order chi connectivity index (χ1) is 23.1. The van der Waals surface area contributed by atoms with Crippen molar-refractivity contribution in [2.45, 2.75) is 220 Å². The van der Waals surface area contributed by atoms with Crippen molar-refractivity contribution in [2.75, 3.05) is 26.3 Å².